The highest BCUT2D eigenvalue weighted by molar-refractivity contribution is 5.41. The zero-order valence-corrected chi connectivity index (χ0v) is 9.54. The van der Waals surface area contributed by atoms with Gasteiger partial charge in [-0.15, -0.1) is 0 Å². The van der Waals surface area contributed by atoms with E-state index in [-0.39, 0.29) is 6.42 Å². The van der Waals surface area contributed by atoms with Gasteiger partial charge in [-0.05, 0) is 30.9 Å². The Hall–Kier alpha value is -1.54. The Morgan fingerprint density at radius 2 is 1.94 bits per heavy atom. The number of alkyl halides is 2. The number of hydrogen-bond acceptors (Lipinski definition) is 2. The van der Waals surface area contributed by atoms with Crippen LogP contribution in [0.15, 0.2) is 29.3 Å². The minimum absolute atomic E-state index is 0.267. The quantitative estimate of drug-likeness (QED) is 0.584. The van der Waals surface area contributed by atoms with Gasteiger partial charge in [0.2, 0.25) is 12.0 Å². The van der Waals surface area contributed by atoms with Crippen molar-refractivity contribution < 1.29 is 13.6 Å². The first-order valence-electron chi connectivity index (χ1n) is 5.51. The van der Waals surface area contributed by atoms with Crippen molar-refractivity contribution in [3.05, 3.63) is 35.4 Å². The summed E-state index contributed by atoms with van der Waals surface area (Å²) in [7, 11) is 0. The summed E-state index contributed by atoms with van der Waals surface area (Å²) in [6.45, 7) is 0.903. The van der Waals surface area contributed by atoms with Crippen molar-refractivity contribution in [1.82, 2.24) is 0 Å². The van der Waals surface area contributed by atoms with Gasteiger partial charge in [-0.2, -0.15) is 4.99 Å². The molecular weight excluding hydrogens is 224 g/mol. The molecule has 2 nitrogen and oxygen atoms in total. The summed E-state index contributed by atoms with van der Waals surface area (Å²) in [5, 5.41) is 0. The maximum absolute atomic E-state index is 12.8. The molecule has 1 aliphatic carbocycles. The van der Waals surface area contributed by atoms with E-state index in [1.54, 1.807) is 30.3 Å². The van der Waals surface area contributed by atoms with Gasteiger partial charge in [0, 0.05) is 6.42 Å². The molecule has 0 aliphatic heterocycles. The lowest BCUT2D eigenvalue weighted by Gasteiger charge is -2.12. The van der Waals surface area contributed by atoms with Crippen LogP contribution in [-0.2, 0) is 16.8 Å². The Labute approximate surface area is 98.4 Å². The van der Waals surface area contributed by atoms with Gasteiger partial charge in [-0.1, -0.05) is 24.3 Å². The molecule has 1 aliphatic rings. The summed E-state index contributed by atoms with van der Waals surface area (Å²) in [4.78, 5) is 14.1. The molecule has 0 spiro atoms. The van der Waals surface area contributed by atoms with Crippen LogP contribution in [0.5, 0.6) is 0 Å². The molecule has 1 fully saturated rings. The number of benzene rings is 1. The van der Waals surface area contributed by atoms with Crippen molar-refractivity contribution in [3.63, 3.8) is 0 Å². The van der Waals surface area contributed by atoms with E-state index in [1.165, 1.54) is 0 Å². The summed E-state index contributed by atoms with van der Waals surface area (Å²) in [5.74, 6) is -2.69. The van der Waals surface area contributed by atoms with Gasteiger partial charge in [0.05, 0.1) is 5.54 Å². The van der Waals surface area contributed by atoms with Crippen LogP contribution < -0.4 is 0 Å². The number of hydrogen-bond donors (Lipinski definition) is 0. The monoisotopic (exact) mass is 237 g/mol. The first kappa shape index (κ1) is 11.9. The van der Waals surface area contributed by atoms with Crippen molar-refractivity contribution in [3.8, 4) is 0 Å². The zero-order valence-electron chi connectivity index (χ0n) is 9.54. The Bertz CT molecular complexity index is 451. The van der Waals surface area contributed by atoms with Crippen LogP contribution in [0, 0.1) is 0 Å². The maximum Gasteiger partial charge on any atom is 0.249 e. The fraction of sp³-hybridized carbons (Fsp3) is 0.462. The fourth-order valence-corrected chi connectivity index (χ4v) is 1.96. The van der Waals surface area contributed by atoms with Gasteiger partial charge in [-0.3, -0.25) is 0 Å². The van der Waals surface area contributed by atoms with Gasteiger partial charge in [0.15, 0.2) is 0 Å². The third kappa shape index (κ3) is 2.77. The molecule has 0 N–H and O–H groups in total. The fourth-order valence-electron chi connectivity index (χ4n) is 1.96. The number of isocyanates is 1. The standard InChI is InChI=1S/C13H13F2NO/c1-12(14,15)8-10-2-4-11(5-3-10)13(6-7-13)16-9-17/h2-5H,6-8H2,1H3. The Morgan fingerprint density at radius 1 is 1.35 bits per heavy atom. The lowest BCUT2D eigenvalue weighted by molar-refractivity contribution is 0.0226. The van der Waals surface area contributed by atoms with Crippen LogP contribution in [0.2, 0.25) is 0 Å². The van der Waals surface area contributed by atoms with E-state index >= 15 is 0 Å². The highest BCUT2D eigenvalue weighted by atomic mass is 19.3. The van der Waals surface area contributed by atoms with Crippen molar-refractivity contribution in [1.29, 1.82) is 0 Å². The lowest BCUT2D eigenvalue weighted by Crippen LogP contribution is -2.13. The predicted molar refractivity (Wildman–Crippen MR) is 59.8 cm³/mol. The molecule has 2 rings (SSSR count). The maximum atomic E-state index is 12.8. The highest BCUT2D eigenvalue weighted by Gasteiger charge is 2.44. The molecule has 1 aromatic rings. The number of nitrogens with zero attached hydrogens (tertiary/aromatic N) is 1. The topological polar surface area (TPSA) is 29.4 Å². The molecule has 0 atom stereocenters. The Balaban J connectivity index is 2.16. The van der Waals surface area contributed by atoms with Crippen molar-refractivity contribution in [2.24, 2.45) is 4.99 Å². The zero-order chi connectivity index (χ0) is 12.5. The summed E-state index contributed by atoms with van der Waals surface area (Å²) in [6, 6.07) is 6.89. The van der Waals surface area contributed by atoms with E-state index < -0.39 is 11.5 Å². The molecule has 90 valence electrons. The lowest BCUT2D eigenvalue weighted by atomic mass is 10.0. The average Bonchev–Trinajstić information content (AvgIpc) is 2.98. The second kappa shape index (κ2) is 4.04. The van der Waals surface area contributed by atoms with Crippen LogP contribution in [0.4, 0.5) is 8.78 Å². The van der Waals surface area contributed by atoms with Gasteiger partial charge in [0.1, 0.15) is 0 Å². The largest absolute Gasteiger partial charge is 0.249 e. The second-order valence-electron chi connectivity index (χ2n) is 4.68. The average molecular weight is 237 g/mol. The minimum Gasteiger partial charge on any atom is -0.211 e. The third-order valence-electron chi connectivity index (χ3n) is 2.99. The van der Waals surface area contributed by atoms with Gasteiger partial charge in [-0.25, -0.2) is 13.6 Å². The summed E-state index contributed by atoms with van der Waals surface area (Å²) in [6.07, 6.45) is 2.96. The van der Waals surface area contributed by atoms with Crippen LogP contribution in [0.25, 0.3) is 0 Å². The Morgan fingerprint density at radius 3 is 2.35 bits per heavy atom. The number of rotatable bonds is 4. The number of halogens is 2. The van der Waals surface area contributed by atoms with E-state index in [4.69, 9.17) is 0 Å². The molecule has 1 aromatic carbocycles. The predicted octanol–water partition coefficient (Wildman–Crippen LogP) is 3.21. The summed E-state index contributed by atoms with van der Waals surface area (Å²) in [5.41, 5.74) is 1.07. The van der Waals surface area contributed by atoms with Crippen molar-refractivity contribution >= 4 is 6.08 Å². The SMILES string of the molecule is CC(F)(F)Cc1ccc(C2(N=C=O)CC2)cc1. The second-order valence-corrected chi connectivity index (χ2v) is 4.68. The molecule has 0 heterocycles. The molecule has 0 bridgehead atoms. The molecule has 4 heteroatoms. The van der Waals surface area contributed by atoms with Crippen molar-refractivity contribution in [2.75, 3.05) is 0 Å². The molecule has 0 unspecified atom stereocenters. The van der Waals surface area contributed by atoms with Crippen LogP contribution >= 0.6 is 0 Å². The van der Waals surface area contributed by atoms with E-state index in [9.17, 15) is 13.6 Å². The van der Waals surface area contributed by atoms with Gasteiger partial charge < -0.3 is 0 Å². The van der Waals surface area contributed by atoms with Crippen molar-refractivity contribution in [2.45, 2.75) is 37.6 Å². The van der Waals surface area contributed by atoms with Crippen LogP contribution in [0.3, 0.4) is 0 Å². The molecule has 0 aromatic heterocycles. The van der Waals surface area contributed by atoms with E-state index in [0.29, 0.717) is 5.56 Å². The number of carbonyl (C=O) groups excluding carboxylic acids is 1. The molecule has 0 radical (unpaired) electrons. The molecular formula is C13H13F2NO. The Kier molecular flexibility index (Phi) is 2.84. The van der Waals surface area contributed by atoms with Crippen LogP contribution in [0.1, 0.15) is 30.9 Å². The van der Waals surface area contributed by atoms with E-state index in [0.717, 1.165) is 25.3 Å². The third-order valence-corrected chi connectivity index (χ3v) is 2.99. The summed E-state index contributed by atoms with van der Waals surface area (Å²) < 4.78 is 25.6. The summed E-state index contributed by atoms with van der Waals surface area (Å²) >= 11 is 0. The van der Waals surface area contributed by atoms with E-state index in [2.05, 4.69) is 4.99 Å². The molecule has 0 saturated heterocycles. The normalized spacial score (nSPS) is 17.4. The van der Waals surface area contributed by atoms with Crippen LogP contribution in [-0.4, -0.2) is 12.0 Å². The first-order valence-corrected chi connectivity index (χ1v) is 5.51. The minimum atomic E-state index is -2.69. The van der Waals surface area contributed by atoms with E-state index in [1.807, 2.05) is 0 Å². The molecule has 1 saturated carbocycles. The van der Waals surface area contributed by atoms with Gasteiger partial charge in [0.25, 0.3) is 0 Å². The number of aliphatic imine (C=N–C) groups is 1. The smallest absolute Gasteiger partial charge is 0.211 e. The molecule has 17 heavy (non-hydrogen) atoms. The highest BCUT2D eigenvalue weighted by Crippen LogP contribution is 2.49. The van der Waals surface area contributed by atoms with Gasteiger partial charge >= 0.3 is 0 Å². The molecule has 0 amide bonds. The first-order chi connectivity index (χ1) is 7.95.